The normalized spacial score (nSPS) is 13.2. The van der Waals surface area contributed by atoms with Crippen molar-refractivity contribution in [2.45, 2.75) is 11.4 Å². The largest absolute Gasteiger partial charge is 0.451 e. The second-order valence-electron chi connectivity index (χ2n) is 6.46. The van der Waals surface area contributed by atoms with Gasteiger partial charge < -0.3 is 9.47 Å². The van der Waals surface area contributed by atoms with Crippen LogP contribution in [-0.4, -0.2) is 37.4 Å². The maximum absolute atomic E-state index is 13.4. The fourth-order valence-electron chi connectivity index (χ4n) is 2.82. The van der Waals surface area contributed by atoms with Crippen molar-refractivity contribution in [2.75, 3.05) is 13.2 Å². The Morgan fingerprint density at radius 2 is 1.60 bits per heavy atom. The number of alkyl halides is 2. The monoisotopic (exact) mass is 436 g/mol. The fourth-order valence-corrected chi connectivity index (χ4v) is 3.05. The van der Waals surface area contributed by atoms with Crippen molar-refractivity contribution in [3.63, 3.8) is 0 Å². The molecule has 0 spiro atoms. The number of hydrogen-bond donors (Lipinski definition) is 1. The summed E-state index contributed by atoms with van der Waals surface area (Å²) in [6.45, 7) is -2.12. The standard InChI is InChI=1S/C21H18F2O6S/c22-21(23,30(25,26)27)14-28-13-19(16-8-2-1-3-9-16)29-20(24)18-12-6-10-15-7-4-5-11-17(15)18/h1-12,19H,13-14H2,(H,25,26,27). The number of carbonyl (C=O) groups is 1. The zero-order valence-corrected chi connectivity index (χ0v) is 16.4. The highest BCUT2D eigenvalue weighted by Gasteiger charge is 2.44. The molecule has 0 saturated heterocycles. The van der Waals surface area contributed by atoms with E-state index in [0.717, 1.165) is 5.39 Å². The van der Waals surface area contributed by atoms with E-state index in [9.17, 15) is 22.0 Å². The molecule has 0 saturated carbocycles. The van der Waals surface area contributed by atoms with Gasteiger partial charge in [-0.3, -0.25) is 4.55 Å². The molecule has 3 rings (SSSR count). The summed E-state index contributed by atoms with van der Waals surface area (Å²) in [4.78, 5) is 12.8. The van der Waals surface area contributed by atoms with Gasteiger partial charge in [-0.05, 0) is 22.4 Å². The van der Waals surface area contributed by atoms with Crippen LogP contribution in [0.25, 0.3) is 10.8 Å². The summed E-state index contributed by atoms with van der Waals surface area (Å²) >= 11 is 0. The molecule has 0 aliphatic heterocycles. The van der Waals surface area contributed by atoms with E-state index in [-0.39, 0.29) is 5.56 Å². The summed E-state index contributed by atoms with van der Waals surface area (Å²) in [6, 6.07) is 20.6. The maximum atomic E-state index is 13.4. The molecule has 0 bridgehead atoms. The molecule has 0 aliphatic rings. The number of carbonyl (C=O) groups excluding carboxylic acids is 1. The second-order valence-corrected chi connectivity index (χ2v) is 8.01. The number of fused-ring (bicyclic) bond motifs is 1. The fraction of sp³-hybridized carbons (Fsp3) is 0.190. The second kappa shape index (κ2) is 8.86. The number of hydrogen-bond acceptors (Lipinski definition) is 5. The topological polar surface area (TPSA) is 89.9 Å². The van der Waals surface area contributed by atoms with Crippen LogP contribution >= 0.6 is 0 Å². The molecular formula is C21H18F2O6S. The highest BCUT2D eigenvalue weighted by atomic mass is 32.2. The van der Waals surface area contributed by atoms with Gasteiger partial charge in [0.05, 0.1) is 12.2 Å². The Labute approximate surface area is 171 Å². The first-order chi connectivity index (χ1) is 14.2. The maximum Gasteiger partial charge on any atom is 0.392 e. The van der Waals surface area contributed by atoms with Crippen molar-refractivity contribution in [1.29, 1.82) is 0 Å². The van der Waals surface area contributed by atoms with Crippen molar-refractivity contribution in [3.8, 4) is 0 Å². The van der Waals surface area contributed by atoms with Gasteiger partial charge in [-0.2, -0.15) is 17.2 Å². The summed E-state index contributed by atoms with van der Waals surface area (Å²) in [7, 11) is -5.62. The molecule has 0 aliphatic carbocycles. The lowest BCUT2D eigenvalue weighted by Gasteiger charge is -2.20. The first-order valence-electron chi connectivity index (χ1n) is 8.85. The average Bonchev–Trinajstić information content (AvgIpc) is 2.72. The predicted molar refractivity (Wildman–Crippen MR) is 106 cm³/mol. The summed E-state index contributed by atoms with van der Waals surface area (Å²) in [5.41, 5.74) is 0.763. The van der Waals surface area contributed by atoms with Crippen LogP contribution in [0.5, 0.6) is 0 Å². The Morgan fingerprint density at radius 1 is 0.967 bits per heavy atom. The van der Waals surface area contributed by atoms with Crippen LogP contribution in [0.3, 0.4) is 0 Å². The van der Waals surface area contributed by atoms with E-state index in [4.69, 9.17) is 14.0 Å². The molecular weight excluding hydrogens is 418 g/mol. The highest BCUT2D eigenvalue weighted by molar-refractivity contribution is 7.86. The first kappa shape index (κ1) is 21.8. The third-order valence-electron chi connectivity index (χ3n) is 4.35. The average molecular weight is 436 g/mol. The van der Waals surface area contributed by atoms with Gasteiger partial charge in [-0.15, -0.1) is 0 Å². The number of benzene rings is 3. The van der Waals surface area contributed by atoms with Crippen molar-refractivity contribution in [2.24, 2.45) is 0 Å². The van der Waals surface area contributed by atoms with E-state index in [1.165, 1.54) is 0 Å². The molecule has 9 heteroatoms. The smallest absolute Gasteiger partial charge is 0.392 e. The van der Waals surface area contributed by atoms with Gasteiger partial charge in [0, 0.05) is 0 Å². The molecule has 158 valence electrons. The van der Waals surface area contributed by atoms with Gasteiger partial charge in [-0.1, -0.05) is 66.7 Å². The molecule has 6 nitrogen and oxygen atoms in total. The summed E-state index contributed by atoms with van der Waals surface area (Å²) in [6.07, 6.45) is -1.07. The first-order valence-corrected chi connectivity index (χ1v) is 10.3. The van der Waals surface area contributed by atoms with Crippen molar-refractivity contribution < 1.29 is 36.0 Å². The molecule has 0 aromatic heterocycles. The zero-order valence-electron chi connectivity index (χ0n) is 15.6. The van der Waals surface area contributed by atoms with Gasteiger partial charge in [0.1, 0.15) is 6.61 Å². The minimum absolute atomic E-state index is 0.289. The van der Waals surface area contributed by atoms with Gasteiger partial charge in [0.25, 0.3) is 0 Å². The van der Waals surface area contributed by atoms with Gasteiger partial charge in [-0.25, -0.2) is 4.79 Å². The molecule has 0 amide bonds. The molecule has 3 aromatic rings. The van der Waals surface area contributed by atoms with E-state index in [2.05, 4.69) is 0 Å². The lowest BCUT2D eigenvalue weighted by atomic mass is 10.0. The number of esters is 1. The highest BCUT2D eigenvalue weighted by Crippen LogP contribution is 2.26. The SMILES string of the molecule is O=C(OC(COCC(F)(F)S(=O)(=O)O)c1ccccc1)c1cccc2ccccc12. The summed E-state index contributed by atoms with van der Waals surface area (Å²) in [5.74, 6) is -0.689. The minimum atomic E-state index is -5.62. The summed E-state index contributed by atoms with van der Waals surface area (Å²) in [5, 5.41) is -2.99. The third kappa shape index (κ3) is 4.99. The molecule has 30 heavy (non-hydrogen) atoms. The van der Waals surface area contributed by atoms with Crippen LogP contribution in [0, 0.1) is 0 Å². The lowest BCUT2D eigenvalue weighted by molar-refractivity contribution is -0.0533. The van der Waals surface area contributed by atoms with E-state index in [1.54, 1.807) is 54.6 Å². The molecule has 0 fully saturated rings. The van der Waals surface area contributed by atoms with Crippen molar-refractivity contribution in [1.82, 2.24) is 0 Å². The zero-order chi connectivity index (χ0) is 21.8. The quantitative estimate of drug-likeness (QED) is 0.420. The van der Waals surface area contributed by atoms with Crippen LogP contribution in [0.2, 0.25) is 0 Å². The van der Waals surface area contributed by atoms with Gasteiger partial charge in [0.15, 0.2) is 6.10 Å². The van der Waals surface area contributed by atoms with Crippen molar-refractivity contribution in [3.05, 3.63) is 83.9 Å². The summed E-state index contributed by atoms with van der Waals surface area (Å²) < 4.78 is 67.2. The minimum Gasteiger partial charge on any atom is -0.451 e. The lowest BCUT2D eigenvalue weighted by Crippen LogP contribution is -2.34. The van der Waals surface area contributed by atoms with Crippen molar-refractivity contribution >= 4 is 26.9 Å². The van der Waals surface area contributed by atoms with E-state index in [1.807, 2.05) is 18.2 Å². The van der Waals surface area contributed by atoms with Gasteiger partial charge >= 0.3 is 21.3 Å². The molecule has 0 radical (unpaired) electrons. The molecule has 1 atom stereocenters. The van der Waals surface area contributed by atoms with Gasteiger partial charge in [0.2, 0.25) is 0 Å². The molecule has 1 N–H and O–H groups in total. The van der Waals surface area contributed by atoms with E-state index >= 15 is 0 Å². The van der Waals surface area contributed by atoms with E-state index < -0.39 is 40.7 Å². The predicted octanol–water partition coefficient (Wildman–Crippen LogP) is 4.24. The third-order valence-corrected chi connectivity index (χ3v) is 5.22. The van der Waals surface area contributed by atoms with Crippen LogP contribution in [-0.2, 0) is 19.6 Å². The van der Waals surface area contributed by atoms with Crippen LogP contribution in [0.15, 0.2) is 72.8 Å². The Kier molecular flexibility index (Phi) is 6.45. The van der Waals surface area contributed by atoms with Crippen LogP contribution in [0.1, 0.15) is 22.0 Å². The number of ether oxygens (including phenoxy) is 2. The molecule has 1 unspecified atom stereocenters. The van der Waals surface area contributed by atoms with Crippen LogP contribution in [0.4, 0.5) is 8.78 Å². The number of halogens is 2. The number of rotatable bonds is 8. The Bertz CT molecular complexity index is 1130. The van der Waals surface area contributed by atoms with E-state index in [0.29, 0.717) is 10.9 Å². The molecule has 0 heterocycles. The Balaban J connectivity index is 1.80. The Hall–Kier alpha value is -2.88. The van der Waals surface area contributed by atoms with Crippen LogP contribution < -0.4 is 0 Å². The Morgan fingerprint density at radius 3 is 2.30 bits per heavy atom. The molecule has 3 aromatic carbocycles.